The highest BCUT2D eigenvalue weighted by molar-refractivity contribution is 5.85. The van der Waals surface area contributed by atoms with E-state index in [2.05, 4.69) is 5.16 Å². The Balaban J connectivity index is 0.00000364. The lowest BCUT2D eigenvalue weighted by molar-refractivity contribution is -0.133. The molecule has 0 saturated carbocycles. The standard InChI is InChI=1S/C21H31N3O2.ClH/c1-21(2,3)19(22)20(25)24(4)14-10-6-9-13-17-15-18(23-26-17)16-11-7-5-8-12-16;/h5,7-8,11-12,15,19H,6,9-10,13-14,22H2,1-4H3;1H/t19-;/m1./s1. The van der Waals surface area contributed by atoms with Crippen LogP contribution in [0.1, 0.15) is 45.8 Å². The van der Waals surface area contributed by atoms with E-state index in [1.165, 1.54) is 0 Å². The van der Waals surface area contributed by atoms with E-state index < -0.39 is 6.04 Å². The molecule has 0 aliphatic rings. The molecule has 2 aromatic rings. The van der Waals surface area contributed by atoms with Crippen LogP contribution >= 0.6 is 12.4 Å². The third-order valence-electron chi connectivity index (χ3n) is 4.62. The summed E-state index contributed by atoms with van der Waals surface area (Å²) in [4.78, 5) is 14.0. The molecular formula is C21H32ClN3O2. The van der Waals surface area contributed by atoms with Gasteiger partial charge in [0.15, 0.2) is 0 Å². The summed E-state index contributed by atoms with van der Waals surface area (Å²) in [6.45, 7) is 6.70. The van der Waals surface area contributed by atoms with E-state index in [-0.39, 0.29) is 23.7 Å². The maximum atomic E-state index is 12.3. The molecule has 0 bridgehead atoms. The van der Waals surface area contributed by atoms with Gasteiger partial charge in [0.1, 0.15) is 11.5 Å². The SMILES string of the molecule is CN(CCCCCc1cc(-c2ccccc2)no1)C(=O)[C@@H](N)C(C)(C)C.Cl. The maximum absolute atomic E-state index is 12.3. The van der Waals surface area contributed by atoms with Crippen LogP contribution in [0.2, 0.25) is 0 Å². The molecule has 0 fully saturated rings. The number of aromatic nitrogens is 1. The van der Waals surface area contributed by atoms with Gasteiger partial charge in [-0.05, 0) is 18.3 Å². The highest BCUT2D eigenvalue weighted by atomic mass is 35.5. The monoisotopic (exact) mass is 393 g/mol. The summed E-state index contributed by atoms with van der Waals surface area (Å²) < 4.78 is 5.42. The van der Waals surface area contributed by atoms with E-state index >= 15 is 0 Å². The lowest BCUT2D eigenvalue weighted by Gasteiger charge is -2.30. The molecule has 1 heterocycles. The molecule has 5 nitrogen and oxygen atoms in total. The number of hydrogen-bond acceptors (Lipinski definition) is 4. The normalized spacial score (nSPS) is 12.3. The molecule has 0 spiro atoms. The number of halogens is 1. The predicted molar refractivity (Wildman–Crippen MR) is 112 cm³/mol. The van der Waals surface area contributed by atoms with Crippen molar-refractivity contribution in [3.05, 3.63) is 42.2 Å². The molecule has 6 heteroatoms. The molecule has 1 aromatic carbocycles. The van der Waals surface area contributed by atoms with Gasteiger partial charge < -0.3 is 15.2 Å². The van der Waals surface area contributed by atoms with Crippen molar-refractivity contribution in [3.63, 3.8) is 0 Å². The van der Waals surface area contributed by atoms with Gasteiger partial charge in [0.25, 0.3) is 0 Å². The van der Waals surface area contributed by atoms with Crippen LogP contribution in [0.5, 0.6) is 0 Å². The number of rotatable bonds is 8. The minimum Gasteiger partial charge on any atom is -0.361 e. The molecule has 0 radical (unpaired) electrons. The summed E-state index contributed by atoms with van der Waals surface area (Å²) in [7, 11) is 1.83. The van der Waals surface area contributed by atoms with Crippen LogP contribution in [-0.4, -0.2) is 35.6 Å². The molecule has 1 amide bonds. The van der Waals surface area contributed by atoms with Crippen molar-refractivity contribution in [2.75, 3.05) is 13.6 Å². The Morgan fingerprint density at radius 1 is 1.19 bits per heavy atom. The molecule has 0 aliphatic heterocycles. The molecule has 2 N–H and O–H groups in total. The molecule has 150 valence electrons. The Kier molecular flexibility index (Phi) is 9.00. The predicted octanol–water partition coefficient (Wildman–Crippen LogP) is 4.31. The van der Waals surface area contributed by atoms with E-state index in [4.69, 9.17) is 10.3 Å². The van der Waals surface area contributed by atoms with Gasteiger partial charge in [-0.15, -0.1) is 12.4 Å². The number of nitrogens with two attached hydrogens (primary N) is 1. The Morgan fingerprint density at radius 3 is 2.48 bits per heavy atom. The average molecular weight is 394 g/mol. The van der Waals surface area contributed by atoms with Gasteiger partial charge in [0.05, 0.1) is 6.04 Å². The molecule has 0 aliphatic carbocycles. The summed E-state index contributed by atoms with van der Waals surface area (Å²) in [5, 5.41) is 4.14. The van der Waals surface area contributed by atoms with Crippen molar-refractivity contribution < 1.29 is 9.32 Å². The number of benzene rings is 1. The first-order valence-electron chi connectivity index (χ1n) is 9.30. The zero-order valence-corrected chi connectivity index (χ0v) is 17.6. The van der Waals surface area contributed by atoms with E-state index in [0.29, 0.717) is 0 Å². The summed E-state index contributed by atoms with van der Waals surface area (Å²) in [5.41, 5.74) is 7.77. The number of unbranched alkanes of at least 4 members (excludes halogenated alkanes) is 2. The first-order valence-corrected chi connectivity index (χ1v) is 9.30. The van der Waals surface area contributed by atoms with Gasteiger partial charge in [-0.1, -0.05) is 62.7 Å². The highest BCUT2D eigenvalue weighted by Gasteiger charge is 2.29. The summed E-state index contributed by atoms with van der Waals surface area (Å²) in [5.74, 6) is 0.920. The number of nitrogens with zero attached hydrogens (tertiary/aromatic N) is 2. The van der Waals surface area contributed by atoms with Gasteiger partial charge in [-0.2, -0.15) is 0 Å². The van der Waals surface area contributed by atoms with Crippen LogP contribution in [0.4, 0.5) is 0 Å². The average Bonchev–Trinajstić information content (AvgIpc) is 3.09. The Bertz CT molecular complexity index is 695. The van der Waals surface area contributed by atoms with Crippen LogP contribution in [0.15, 0.2) is 40.9 Å². The Morgan fingerprint density at radius 2 is 1.85 bits per heavy atom. The third kappa shape index (κ3) is 7.00. The van der Waals surface area contributed by atoms with Crippen molar-refractivity contribution in [2.24, 2.45) is 11.1 Å². The second-order valence-corrected chi connectivity index (χ2v) is 7.96. The number of amides is 1. The van der Waals surface area contributed by atoms with Gasteiger partial charge in [-0.3, -0.25) is 4.79 Å². The van der Waals surface area contributed by atoms with Crippen LogP contribution < -0.4 is 5.73 Å². The smallest absolute Gasteiger partial charge is 0.239 e. The number of hydrogen-bond donors (Lipinski definition) is 1. The third-order valence-corrected chi connectivity index (χ3v) is 4.62. The van der Waals surface area contributed by atoms with E-state index in [9.17, 15) is 4.79 Å². The van der Waals surface area contributed by atoms with Crippen molar-refractivity contribution in [3.8, 4) is 11.3 Å². The van der Waals surface area contributed by atoms with Gasteiger partial charge in [0, 0.05) is 31.6 Å². The molecular weight excluding hydrogens is 362 g/mol. The molecule has 0 saturated heterocycles. The molecule has 1 aromatic heterocycles. The largest absolute Gasteiger partial charge is 0.361 e. The summed E-state index contributed by atoms with van der Waals surface area (Å²) in [6.07, 6.45) is 3.86. The van der Waals surface area contributed by atoms with Crippen molar-refractivity contribution in [1.29, 1.82) is 0 Å². The lowest BCUT2D eigenvalue weighted by atomic mass is 9.86. The van der Waals surface area contributed by atoms with Gasteiger partial charge >= 0.3 is 0 Å². The first-order chi connectivity index (χ1) is 12.3. The fourth-order valence-electron chi connectivity index (χ4n) is 2.72. The van der Waals surface area contributed by atoms with Crippen LogP contribution in [0, 0.1) is 5.41 Å². The van der Waals surface area contributed by atoms with E-state index in [1.807, 2.05) is 64.2 Å². The number of carbonyl (C=O) groups is 1. The lowest BCUT2D eigenvalue weighted by Crippen LogP contribution is -2.49. The quantitative estimate of drug-likeness (QED) is 0.678. The fraction of sp³-hybridized carbons (Fsp3) is 0.524. The van der Waals surface area contributed by atoms with Crippen molar-refractivity contribution in [2.45, 2.75) is 52.5 Å². The number of carbonyl (C=O) groups excluding carboxylic acids is 1. The Labute approximate surface area is 168 Å². The fourth-order valence-corrected chi connectivity index (χ4v) is 2.72. The minimum atomic E-state index is -0.460. The van der Waals surface area contributed by atoms with Crippen LogP contribution in [0.3, 0.4) is 0 Å². The Hall–Kier alpha value is -1.85. The summed E-state index contributed by atoms with van der Waals surface area (Å²) in [6, 6.07) is 11.6. The van der Waals surface area contributed by atoms with Gasteiger partial charge in [-0.25, -0.2) is 0 Å². The molecule has 27 heavy (non-hydrogen) atoms. The van der Waals surface area contributed by atoms with Crippen molar-refractivity contribution in [1.82, 2.24) is 10.1 Å². The molecule has 1 atom stereocenters. The highest BCUT2D eigenvalue weighted by Crippen LogP contribution is 2.20. The second kappa shape index (κ2) is 10.5. The molecule has 2 rings (SSSR count). The second-order valence-electron chi connectivity index (χ2n) is 7.96. The first kappa shape index (κ1) is 23.2. The van der Waals surface area contributed by atoms with E-state index in [0.717, 1.165) is 49.2 Å². The molecule has 0 unspecified atom stereocenters. The van der Waals surface area contributed by atoms with Gasteiger partial charge in [0.2, 0.25) is 5.91 Å². The van der Waals surface area contributed by atoms with E-state index in [1.54, 1.807) is 4.90 Å². The van der Waals surface area contributed by atoms with Crippen LogP contribution in [-0.2, 0) is 11.2 Å². The summed E-state index contributed by atoms with van der Waals surface area (Å²) >= 11 is 0. The van der Waals surface area contributed by atoms with Crippen molar-refractivity contribution >= 4 is 18.3 Å². The topological polar surface area (TPSA) is 72.4 Å². The zero-order valence-electron chi connectivity index (χ0n) is 16.8. The number of likely N-dealkylation sites (N-methyl/N-ethyl adjacent to an activating group) is 1. The zero-order chi connectivity index (χ0) is 19.2. The maximum Gasteiger partial charge on any atom is 0.239 e. The van der Waals surface area contributed by atoms with Crippen LogP contribution in [0.25, 0.3) is 11.3 Å². The number of aryl methyl sites for hydroxylation is 1. The minimum absolute atomic E-state index is 0.